The maximum Gasteiger partial charge on any atom is 0.362 e. The van der Waals surface area contributed by atoms with Gasteiger partial charge in [-0.3, -0.25) is 9.36 Å². The van der Waals surface area contributed by atoms with E-state index in [0.29, 0.717) is 11.9 Å². The molecular weight excluding hydrogens is 296 g/mol. The highest BCUT2D eigenvalue weighted by molar-refractivity contribution is 6.31. The van der Waals surface area contributed by atoms with Gasteiger partial charge in [0, 0.05) is 32.7 Å². The molecule has 1 N–H and O–H groups in total. The largest absolute Gasteiger partial charge is 0.464 e. The van der Waals surface area contributed by atoms with Gasteiger partial charge in [0.2, 0.25) is 5.69 Å². The molecule has 2 heterocycles. The minimum absolute atomic E-state index is 0.134. The molecule has 7 nitrogen and oxygen atoms in total. The molecule has 0 aliphatic carbocycles. The molecule has 1 saturated heterocycles. The molecule has 0 amide bonds. The first-order valence-electron chi connectivity index (χ1n) is 6.82. The van der Waals surface area contributed by atoms with Crippen molar-refractivity contribution in [2.24, 2.45) is 7.05 Å². The lowest BCUT2D eigenvalue weighted by Gasteiger charge is -2.35. The first-order valence-corrected chi connectivity index (χ1v) is 7.20. The minimum Gasteiger partial charge on any atom is -0.464 e. The van der Waals surface area contributed by atoms with Crippen LogP contribution in [-0.4, -0.2) is 48.3 Å². The Balaban J connectivity index is 2.43. The van der Waals surface area contributed by atoms with Gasteiger partial charge < -0.3 is 15.0 Å². The van der Waals surface area contributed by atoms with Crippen molar-refractivity contribution >= 4 is 23.4 Å². The number of nitrogens with zero attached hydrogens (tertiary/aromatic N) is 3. The van der Waals surface area contributed by atoms with Gasteiger partial charge >= 0.3 is 5.97 Å². The van der Waals surface area contributed by atoms with Crippen LogP contribution in [0.25, 0.3) is 0 Å². The zero-order chi connectivity index (χ0) is 15.6. The van der Waals surface area contributed by atoms with Crippen molar-refractivity contribution < 1.29 is 9.53 Å². The Morgan fingerprint density at radius 2 is 2.29 bits per heavy atom. The molecule has 0 bridgehead atoms. The summed E-state index contributed by atoms with van der Waals surface area (Å²) in [6.07, 6.45) is 0.982. The number of carbonyl (C=O) groups excluding carboxylic acids is 1. The molecule has 1 aliphatic rings. The zero-order valence-corrected chi connectivity index (χ0v) is 13.1. The molecule has 1 aromatic heterocycles. The van der Waals surface area contributed by atoms with Crippen molar-refractivity contribution in [3.05, 3.63) is 21.2 Å². The van der Waals surface area contributed by atoms with Gasteiger partial charge in [0.1, 0.15) is 5.82 Å². The zero-order valence-electron chi connectivity index (χ0n) is 12.4. The summed E-state index contributed by atoms with van der Waals surface area (Å²) in [7, 11) is 2.79. The highest BCUT2D eigenvalue weighted by Crippen LogP contribution is 2.23. The molecule has 1 atom stereocenters. The summed E-state index contributed by atoms with van der Waals surface area (Å²) < 4.78 is 5.91. The topological polar surface area (TPSA) is 76.5 Å². The van der Waals surface area contributed by atoms with Gasteiger partial charge in [-0.15, -0.1) is 0 Å². The Morgan fingerprint density at radius 1 is 1.57 bits per heavy atom. The van der Waals surface area contributed by atoms with Crippen molar-refractivity contribution in [1.82, 2.24) is 14.9 Å². The first-order chi connectivity index (χ1) is 9.99. The van der Waals surface area contributed by atoms with Crippen LogP contribution in [0.15, 0.2) is 4.79 Å². The fraction of sp³-hybridized carbons (Fsp3) is 0.615. The number of rotatable bonds is 3. The maximum absolute atomic E-state index is 12.2. The number of piperazine rings is 1. The van der Waals surface area contributed by atoms with E-state index >= 15 is 0 Å². The van der Waals surface area contributed by atoms with E-state index in [-0.39, 0.29) is 10.8 Å². The SMILES string of the molecule is CC[C@H]1CN(c2c(Cl)nc(C(=O)OC)c(=O)n2C)CCN1. The van der Waals surface area contributed by atoms with E-state index in [2.05, 4.69) is 22.0 Å². The fourth-order valence-corrected chi connectivity index (χ4v) is 2.78. The van der Waals surface area contributed by atoms with Crippen molar-refractivity contribution in [1.29, 1.82) is 0 Å². The second-order valence-electron chi connectivity index (χ2n) is 4.94. The molecule has 116 valence electrons. The Labute approximate surface area is 127 Å². The van der Waals surface area contributed by atoms with Crippen molar-refractivity contribution in [3.63, 3.8) is 0 Å². The molecule has 0 spiro atoms. The second-order valence-corrected chi connectivity index (χ2v) is 5.29. The normalized spacial score (nSPS) is 18.7. The van der Waals surface area contributed by atoms with Crippen LogP contribution in [0.3, 0.4) is 0 Å². The van der Waals surface area contributed by atoms with Gasteiger partial charge in [-0.2, -0.15) is 0 Å². The van der Waals surface area contributed by atoms with E-state index in [1.807, 2.05) is 4.90 Å². The number of halogens is 1. The lowest BCUT2D eigenvalue weighted by atomic mass is 10.1. The van der Waals surface area contributed by atoms with Crippen LogP contribution in [0.5, 0.6) is 0 Å². The number of anilines is 1. The number of esters is 1. The Morgan fingerprint density at radius 3 is 2.90 bits per heavy atom. The molecule has 1 aliphatic heterocycles. The summed E-state index contributed by atoms with van der Waals surface area (Å²) in [5.41, 5.74) is -0.802. The molecule has 0 aromatic carbocycles. The third-order valence-corrected chi connectivity index (χ3v) is 3.90. The summed E-state index contributed by atoms with van der Waals surface area (Å²) in [4.78, 5) is 29.7. The van der Waals surface area contributed by atoms with Gasteiger partial charge in [-0.05, 0) is 6.42 Å². The number of aromatic nitrogens is 2. The van der Waals surface area contributed by atoms with E-state index < -0.39 is 11.5 Å². The molecule has 1 aromatic rings. The van der Waals surface area contributed by atoms with E-state index in [0.717, 1.165) is 26.1 Å². The Bertz CT molecular complexity index is 602. The van der Waals surface area contributed by atoms with Crippen LogP contribution in [0.1, 0.15) is 23.8 Å². The van der Waals surface area contributed by atoms with Crippen molar-refractivity contribution in [2.45, 2.75) is 19.4 Å². The van der Waals surface area contributed by atoms with Gasteiger partial charge in [0.05, 0.1) is 7.11 Å². The lowest BCUT2D eigenvalue weighted by molar-refractivity contribution is 0.0591. The number of carbonyl (C=O) groups is 1. The van der Waals surface area contributed by atoms with Crippen molar-refractivity contribution in [2.75, 3.05) is 31.6 Å². The molecule has 1 fully saturated rings. The summed E-state index contributed by atoms with van der Waals surface area (Å²) in [6, 6.07) is 0.338. The number of hydrogen-bond donors (Lipinski definition) is 1. The molecule has 0 unspecified atom stereocenters. The second kappa shape index (κ2) is 6.44. The van der Waals surface area contributed by atoms with Gasteiger partial charge in [-0.1, -0.05) is 18.5 Å². The Hall–Kier alpha value is -1.60. The van der Waals surface area contributed by atoms with E-state index in [1.54, 1.807) is 7.05 Å². The average Bonchev–Trinajstić information content (AvgIpc) is 2.50. The van der Waals surface area contributed by atoms with Gasteiger partial charge in [0.25, 0.3) is 5.56 Å². The number of ether oxygens (including phenoxy) is 1. The maximum atomic E-state index is 12.2. The fourth-order valence-electron chi connectivity index (χ4n) is 2.45. The third kappa shape index (κ3) is 3.03. The summed E-state index contributed by atoms with van der Waals surface area (Å²) >= 11 is 6.19. The van der Waals surface area contributed by atoms with Gasteiger partial charge in [-0.25, -0.2) is 9.78 Å². The van der Waals surface area contributed by atoms with E-state index in [1.165, 1.54) is 11.7 Å². The summed E-state index contributed by atoms with van der Waals surface area (Å²) in [5, 5.41) is 3.53. The van der Waals surface area contributed by atoms with Crippen LogP contribution < -0.4 is 15.8 Å². The quantitative estimate of drug-likeness (QED) is 0.814. The molecule has 8 heteroatoms. The predicted molar refractivity (Wildman–Crippen MR) is 80.1 cm³/mol. The number of nitrogens with one attached hydrogen (secondary N) is 1. The van der Waals surface area contributed by atoms with E-state index in [4.69, 9.17) is 11.6 Å². The van der Waals surface area contributed by atoms with Gasteiger partial charge in [0.15, 0.2) is 5.15 Å². The molecule has 0 saturated carbocycles. The summed E-state index contributed by atoms with van der Waals surface area (Å²) in [6.45, 7) is 4.37. The van der Waals surface area contributed by atoms with Crippen molar-refractivity contribution in [3.8, 4) is 0 Å². The number of hydrogen-bond acceptors (Lipinski definition) is 6. The molecule has 21 heavy (non-hydrogen) atoms. The summed E-state index contributed by atoms with van der Waals surface area (Å²) in [5.74, 6) is -0.245. The van der Waals surface area contributed by atoms with Crippen LogP contribution in [0, 0.1) is 0 Å². The smallest absolute Gasteiger partial charge is 0.362 e. The Kier molecular flexibility index (Phi) is 4.84. The molecule has 2 rings (SSSR count). The average molecular weight is 315 g/mol. The van der Waals surface area contributed by atoms with E-state index in [9.17, 15) is 9.59 Å². The van der Waals surface area contributed by atoms with Crippen LogP contribution in [0.2, 0.25) is 5.15 Å². The minimum atomic E-state index is -0.782. The highest BCUT2D eigenvalue weighted by Gasteiger charge is 2.25. The van der Waals surface area contributed by atoms with Crippen LogP contribution in [0.4, 0.5) is 5.82 Å². The predicted octanol–water partition coefficient (Wildman–Crippen LogP) is 0.408. The van der Waals surface area contributed by atoms with Crippen LogP contribution in [-0.2, 0) is 11.8 Å². The standard InChI is InChI=1S/C13H19ClN4O3/c1-4-8-7-18(6-5-15-8)11-10(14)16-9(13(20)21-3)12(19)17(11)2/h8,15H,4-7H2,1-3H3/t8-/m0/s1. The molecule has 0 radical (unpaired) electrons. The van der Waals surface area contributed by atoms with Crippen LogP contribution >= 0.6 is 11.6 Å². The highest BCUT2D eigenvalue weighted by atomic mass is 35.5. The lowest BCUT2D eigenvalue weighted by Crippen LogP contribution is -2.52. The number of methoxy groups -OCH3 is 1. The monoisotopic (exact) mass is 314 g/mol. The molecular formula is C13H19ClN4O3. The first kappa shape index (κ1) is 15.8. The third-order valence-electron chi connectivity index (χ3n) is 3.65.